The number of rotatable bonds is 4. The molecule has 1 N–H and O–H groups in total. The first-order valence-electron chi connectivity index (χ1n) is 8.13. The number of carboxylic acids is 1. The molecule has 1 atom stereocenters. The molecule has 5 heteroatoms. The Hall–Kier alpha value is -3.00. The van der Waals surface area contributed by atoms with Gasteiger partial charge in [0.2, 0.25) is 0 Å². The molecule has 128 valence electrons. The molecule has 0 bridgehead atoms. The van der Waals surface area contributed by atoms with Crippen LogP contribution in [0.3, 0.4) is 0 Å². The second kappa shape index (κ2) is 6.86. The number of aliphatic carboxylic acids is 1. The standard InChI is InChI=1S/C20H19NO4/c1-12-8-16(9-13(2)20(12)21-3)25-15-4-5-17-14(10-19(22)23)6-7-24-18(17)11-15/h4-5,8-9,11,14H,6-7,10H2,1-2H3,(H,22,23)/t14-/m0/s1. The number of hydrogen-bond donors (Lipinski definition) is 1. The van der Waals surface area contributed by atoms with Crippen LogP contribution in [0.5, 0.6) is 17.2 Å². The topological polar surface area (TPSA) is 60.1 Å². The van der Waals surface area contributed by atoms with E-state index in [2.05, 4.69) is 4.85 Å². The number of benzene rings is 2. The third-order valence-electron chi connectivity index (χ3n) is 4.38. The van der Waals surface area contributed by atoms with E-state index in [9.17, 15) is 4.79 Å². The predicted molar refractivity (Wildman–Crippen MR) is 93.8 cm³/mol. The molecule has 0 unspecified atom stereocenters. The molecule has 0 saturated carbocycles. The van der Waals surface area contributed by atoms with Gasteiger partial charge in [-0.1, -0.05) is 6.07 Å². The molecule has 0 amide bonds. The van der Waals surface area contributed by atoms with Gasteiger partial charge < -0.3 is 14.6 Å². The van der Waals surface area contributed by atoms with Gasteiger partial charge in [0.15, 0.2) is 5.69 Å². The summed E-state index contributed by atoms with van der Waals surface area (Å²) < 4.78 is 11.6. The van der Waals surface area contributed by atoms with Crippen molar-refractivity contribution in [3.63, 3.8) is 0 Å². The molecule has 0 aliphatic carbocycles. The van der Waals surface area contributed by atoms with Crippen LogP contribution in [0.1, 0.15) is 35.4 Å². The van der Waals surface area contributed by atoms with Crippen LogP contribution in [-0.2, 0) is 4.79 Å². The lowest BCUT2D eigenvalue weighted by molar-refractivity contribution is -0.137. The molecule has 0 fully saturated rings. The van der Waals surface area contributed by atoms with Crippen molar-refractivity contribution in [3.05, 3.63) is 58.4 Å². The Morgan fingerprint density at radius 3 is 2.64 bits per heavy atom. The van der Waals surface area contributed by atoms with Crippen LogP contribution in [0.25, 0.3) is 4.85 Å². The summed E-state index contributed by atoms with van der Waals surface area (Å²) in [5, 5.41) is 9.05. The van der Waals surface area contributed by atoms with E-state index < -0.39 is 5.97 Å². The Morgan fingerprint density at radius 1 is 1.28 bits per heavy atom. The lowest BCUT2D eigenvalue weighted by atomic mass is 9.90. The third kappa shape index (κ3) is 3.58. The summed E-state index contributed by atoms with van der Waals surface area (Å²) in [6.07, 6.45) is 0.809. The molecule has 2 aromatic carbocycles. The van der Waals surface area contributed by atoms with Gasteiger partial charge in [-0.3, -0.25) is 4.79 Å². The van der Waals surface area contributed by atoms with E-state index in [1.54, 1.807) is 6.07 Å². The van der Waals surface area contributed by atoms with Crippen LogP contribution in [0.4, 0.5) is 5.69 Å². The molecule has 1 aliphatic rings. The summed E-state index contributed by atoms with van der Waals surface area (Å²) in [4.78, 5) is 14.5. The van der Waals surface area contributed by atoms with Crippen molar-refractivity contribution >= 4 is 11.7 Å². The number of carbonyl (C=O) groups is 1. The number of fused-ring (bicyclic) bond motifs is 1. The van der Waals surface area contributed by atoms with Crippen LogP contribution in [0.2, 0.25) is 0 Å². The molecular formula is C20H19NO4. The highest BCUT2D eigenvalue weighted by Crippen LogP contribution is 2.39. The predicted octanol–water partition coefficient (Wildman–Crippen LogP) is 4.99. The van der Waals surface area contributed by atoms with E-state index in [1.165, 1.54) is 0 Å². The quantitative estimate of drug-likeness (QED) is 0.799. The van der Waals surface area contributed by atoms with E-state index in [4.69, 9.17) is 21.2 Å². The van der Waals surface area contributed by atoms with Gasteiger partial charge in [0.1, 0.15) is 17.2 Å². The fraction of sp³-hybridized carbons (Fsp3) is 0.300. The second-order valence-electron chi connectivity index (χ2n) is 6.25. The average Bonchev–Trinajstić information content (AvgIpc) is 2.54. The molecule has 1 aliphatic heterocycles. The van der Waals surface area contributed by atoms with Gasteiger partial charge >= 0.3 is 5.97 Å². The number of nitrogens with zero attached hydrogens (tertiary/aromatic N) is 1. The van der Waals surface area contributed by atoms with Crippen molar-refractivity contribution in [2.75, 3.05) is 6.61 Å². The smallest absolute Gasteiger partial charge is 0.303 e. The van der Waals surface area contributed by atoms with Crippen molar-refractivity contribution in [2.24, 2.45) is 0 Å². The van der Waals surface area contributed by atoms with Gasteiger partial charge in [-0.05, 0) is 55.2 Å². The van der Waals surface area contributed by atoms with E-state index in [1.807, 2.05) is 38.1 Å². The van der Waals surface area contributed by atoms with Gasteiger partial charge in [0, 0.05) is 12.0 Å². The third-order valence-corrected chi connectivity index (χ3v) is 4.38. The maximum Gasteiger partial charge on any atom is 0.303 e. The fourth-order valence-electron chi connectivity index (χ4n) is 3.22. The zero-order chi connectivity index (χ0) is 18.0. The Bertz CT molecular complexity index is 843. The van der Waals surface area contributed by atoms with E-state index in [0.29, 0.717) is 36.0 Å². The minimum Gasteiger partial charge on any atom is -0.493 e. The zero-order valence-corrected chi connectivity index (χ0v) is 14.2. The fourth-order valence-corrected chi connectivity index (χ4v) is 3.22. The van der Waals surface area contributed by atoms with E-state index in [-0.39, 0.29) is 12.3 Å². The molecule has 1 heterocycles. The van der Waals surface area contributed by atoms with E-state index in [0.717, 1.165) is 16.7 Å². The molecule has 0 radical (unpaired) electrons. The first-order valence-corrected chi connectivity index (χ1v) is 8.13. The molecule has 2 aromatic rings. The number of ether oxygens (including phenoxy) is 2. The van der Waals surface area contributed by atoms with Gasteiger partial charge in [-0.2, -0.15) is 0 Å². The molecule has 0 aromatic heterocycles. The highest BCUT2D eigenvalue weighted by molar-refractivity contribution is 5.68. The van der Waals surface area contributed by atoms with Crippen LogP contribution in [0, 0.1) is 20.4 Å². The summed E-state index contributed by atoms with van der Waals surface area (Å²) in [6.45, 7) is 11.5. The Balaban J connectivity index is 1.86. The lowest BCUT2D eigenvalue weighted by Gasteiger charge is -2.25. The average molecular weight is 337 g/mol. The number of hydrogen-bond acceptors (Lipinski definition) is 3. The molecule has 0 spiro atoms. The van der Waals surface area contributed by atoms with Crippen molar-refractivity contribution in [1.29, 1.82) is 0 Å². The number of carboxylic acid groups (broad SMARTS) is 1. The van der Waals surface area contributed by atoms with Gasteiger partial charge in [0.25, 0.3) is 0 Å². The van der Waals surface area contributed by atoms with Crippen molar-refractivity contribution in [1.82, 2.24) is 0 Å². The van der Waals surface area contributed by atoms with Crippen molar-refractivity contribution < 1.29 is 19.4 Å². The zero-order valence-electron chi connectivity index (χ0n) is 14.2. The molecule has 5 nitrogen and oxygen atoms in total. The summed E-state index contributed by atoms with van der Waals surface area (Å²) >= 11 is 0. The van der Waals surface area contributed by atoms with Crippen LogP contribution in [0.15, 0.2) is 30.3 Å². The minimum atomic E-state index is -0.802. The Kier molecular flexibility index (Phi) is 4.62. The maximum atomic E-state index is 11.0. The normalized spacial score (nSPS) is 15.6. The highest BCUT2D eigenvalue weighted by atomic mass is 16.5. The van der Waals surface area contributed by atoms with E-state index >= 15 is 0 Å². The lowest BCUT2D eigenvalue weighted by Crippen LogP contribution is -2.16. The summed E-state index contributed by atoms with van der Waals surface area (Å²) in [7, 11) is 0. The molecule has 0 saturated heterocycles. The van der Waals surface area contributed by atoms with Gasteiger partial charge in [-0.15, -0.1) is 0 Å². The molecular weight excluding hydrogens is 318 g/mol. The second-order valence-corrected chi connectivity index (χ2v) is 6.25. The van der Waals surface area contributed by atoms with Crippen LogP contribution in [-0.4, -0.2) is 17.7 Å². The van der Waals surface area contributed by atoms with Crippen LogP contribution < -0.4 is 9.47 Å². The van der Waals surface area contributed by atoms with Crippen molar-refractivity contribution in [3.8, 4) is 17.2 Å². The van der Waals surface area contributed by atoms with Crippen LogP contribution >= 0.6 is 0 Å². The maximum absolute atomic E-state index is 11.0. The SMILES string of the molecule is [C-]#[N+]c1c(C)cc(Oc2ccc3c(c2)OCC[C@H]3CC(=O)O)cc1C. The summed E-state index contributed by atoms with van der Waals surface area (Å²) in [5.74, 6) is 1.15. The molecule has 3 rings (SSSR count). The summed E-state index contributed by atoms with van der Waals surface area (Å²) in [6, 6.07) is 9.19. The molecule has 25 heavy (non-hydrogen) atoms. The van der Waals surface area contributed by atoms with Crippen molar-refractivity contribution in [2.45, 2.75) is 32.6 Å². The minimum absolute atomic E-state index is 0.0299. The summed E-state index contributed by atoms with van der Waals surface area (Å²) in [5.41, 5.74) is 3.32. The Morgan fingerprint density at radius 2 is 2.00 bits per heavy atom. The van der Waals surface area contributed by atoms with Gasteiger partial charge in [-0.25, -0.2) is 4.85 Å². The number of aryl methyl sites for hydroxylation is 2. The first kappa shape index (κ1) is 16.8. The van der Waals surface area contributed by atoms with Gasteiger partial charge in [0.05, 0.1) is 19.6 Å². The largest absolute Gasteiger partial charge is 0.493 e. The first-order chi connectivity index (χ1) is 12.0. The monoisotopic (exact) mass is 337 g/mol. The Labute approximate surface area is 146 Å². The highest BCUT2D eigenvalue weighted by Gasteiger charge is 2.24.